The van der Waals surface area contributed by atoms with Crippen molar-refractivity contribution >= 4 is 0 Å². The third kappa shape index (κ3) is 5.22. The highest BCUT2D eigenvalue weighted by Gasteiger charge is 2.18. The fourth-order valence-electron chi connectivity index (χ4n) is 2.65. The van der Waals surface area contributed by atoms with E-state index in [1.807, 2.05) is 0 Å². The molecule has 0 radical (unpaired) electrons. The first kappa shape index (κ1) is 14.3. The molecule has 2 aliphatic heterocycles. The molecule has 0 bridgehead atoms. The van der Waals surface area contributed by atoms with Gasteiger partial charge in [0.1, 0.15) is 0 Å². The molecule has 0 amide bonds. The Morgan fingerprint density at radius 2 is 2.17 bits per heavy atom. The summed E-state index contributed by atoms with van der Waals surface area (Å²) in [5, 5.41) is 3.59. The smallest absolute Gasteiger partial charge is 0.0809 e. The molecule has 0 spiro atoms. The van der Waals surface area contributed by atoms with Crippen LogP contribution in [0.1, 0.15) is 39.0 Å². The van der Waals surface area contributed by atoms with Crippen LogP contribution in [0.15, 0.2) is 0 Å². The molecule has 4 heteroatoms. The van der Waals surface area contributed by atoms with E-state index in [4.69, 9.17) is 14.2 Å². The minimum atomic E-state index is 0.356. The highest BCUT2D eigenvalue weighted by molar-refractivity contribution is 4.74. The molecule has 2 aliphatic rings. The predicted octanol–water partition coefficient (Wildman–Crippen LogP) is 1.73. The Labute approximate surface area is 110 Å². The van der Waals surface area contributed by atoms with Gasteiger partial charge in [0.2, 0.25) is 0 Å². The molecule has 2 fully saturated rings. The second kappa shape index (κ2) is 8.10. The summed E-state index contributed by atoms with van der Waals surface area (Å²) >= 11 is 0. The van der Waals surface area contributed by atoms with E-state index >= 15 is 0 Å². The Bertz CT molecular complexity index is 219. The number of hydrogen-bond acceptors (Lipinski definition) is 4. The number of nitrogens with one attached hydrogen (secondary N) is 1. The van der Waals surface area contributed by atoms with Crippen molar-refractivity contribution in [3.05, 3.63) is 0 Å². The van der Waals surface area contributed by atoms with Gasteiger partial charge in [-0.25, -0.2) is 0 Å². The lowest BCUT2D eigenvalue weighted by atomic mass is 10.0. The molecule has 2 saturated heterocycles. The third-order valence-corrected chi connectivity index (χ3v) is 3.71. The van der Waals surface area contributed by atoms with Gasteiger partial charge >= 0.3 is 0 Å². The quantitative estimate of drug-likeness (QED) is 0.705. The zero-order valence-electron chi connectivity index (χ0n) is 11.5. The summed E-state index contributed by atoms with van der Waals surface area (Å²) in [6.07, 6.45) is 6.48. The second-order valence-corrected chi connectivity index (χ2v) is 5.42. The van der Waals surface area contributed by atoms with Gasteiger partial charge in [-0.15, -0.1) is 0 Å². The van der Waals surface area contributed by atoms with Gasteiger partial charge in [-0.05, 0) is 45.6 Å². The van der Waals surface area contributed by atoms with E-state index in [-0.39, 0.29) is 0 Å². The Balaban J connectivity index is 1.41. The highest BCUT2D eigenvalue weighted by atomic mass is 16.5. The molecular formula is C14H27NO3. The minimum absolute atomic E-state index is 0.356. The first-order chi connectivity index (χ1) is 8.84. The fraction of sp³-hybridized carbons (Fsp3) is 1.00. The van der Waals surface area contributed by atoms with Crippen LogP contribution in [-0.2, 0) is 14.2 Å². The van der Waals surface area contributed by atoms with E-state index in [0.29, 0.717) is 18.2 Å². The SMILES string of the molecule is CC1CC(NCCCOCC2CCCO2)CCO1. The summed E-state index contributed by atoms with van der Waals surface area (Å²) in [4.78, 5) is 0. The predicted molar refractivity (Wildman–Crippen MR) is 70.8 cm³/mol. The summed E-state index contributed by atoms with van der Waals surface area (Å²) in [7, 11) is 0. The molecule has 2 heterocycles. The van der Waals surface area contributed by atoms with Gasteiger partial charge in [0, 0.05) is 25.9 Å². The molecule has 18 heavy (non-hydrogen) atoms. The summed E-state index contributed by atoms with van der Waals surface area (Å²) in [6.45, 7) is 6.62. The first-order valence-electron chi connectivity index (χ1n) is 7.39. The normalized spacial score (nSPS) is 32.8. The summed E-state index contributed by atoms with van der Waals surface area (Å²) in [6, 6.07) is 0.631. The maximum Gasteiger partial charge on any atom is 0.0809 e. The Hall–Kier alpha value is -0.160. The molecule has 3 atom stereocenters. The number of rotatable bonds is 7. The summed E-state index contributed by atoms with van der Waals surface area (Å²) in [5.74, 6) is 0. The van der Waals surface area contributed by atoms with E-state index in [0.717, 1.165) is 58.7 Å². The zero-order chi connectivity index (χ0) is 12.6. The molecule has 0 aromatic carbocycles. The monoisotopic (exact) mass is 257 g/mol. The number of ether oxygens (including phenoxy) is 3. The Morgan fingerprint density at radius 1 is 1.22 bits per heavy atom. The van der Waals surface area contributed by atoms with Gasteiger partial charge in [-0.2, -0.15) is 0 Å². The van der Waals surface area contributed by atoms with E-state index < -0.39 is 0 Å². The van der Waals surface area contributed by atoms with Crippen LogP contribution < -0.4 is 5.32 Å². The fourth-order valence-corrected chi connectivity index (χ4v) is 2.65. The topological polar surface area (TPSA) is 39.7 Å². The van der Waals surface area contributed by atoms with Crippen molar-refractivity contribution in [2.75, 3.05) is 33.0 Å². The maximum absolute atomic E-state index is 5.64. The third-order valence-electron chi connectivity index (χ3n) is 3.71. The van der Waals surface area contributed by atoms with Crippen LogP contribution in [-0.4, -0.2) is 51.2 Å². The Morgan fingerprint density at radius 3 is 2.94 bits per heavy atom. The summed E-state index contributed by atoms with van der Waals surface area (Å²) in [5.41, 5.74) is 0. The van der Waals surface area contributed by atoms with Crippen LogP contribution in [0.3, 0.4) is 0 Å². The van der Waals surface area contributed by atoms with Crippen LogP contribution in [0.4, 0.5) is 0 Å². The highest BCUT2D eigenvalue weighted by Crippen LogP contribution is 2.13. The van der Waals surface area contributed by atoms with Gasteiger partial charge in [0.05, 0.1) is 18.8 Å². The van der Waals surface area contributed by atoms with Crippen LogP contribution in [0.2, 0.25) is 0 Å². The molecule has 2 rings (SSSR count). The van der Waals surface area contributed by atoms with Crippen molar-refractivity contribution in [1.82, 2.24) is 5.32 Å². The van der Waals surface area contributed by atoms with E-state index in [1.165, 1.54) is 6.42 Å². The average Bonchev–Trinajstić information content (AvgIpc) is 2.87. The van der Waals surface area contributed by atoms with Crippen molar-refractivity contribution < 1.29 is 14.2 Å². The molecule has 106 valence electrons. The maximum atomic E-state index is 5.64. The minimum Gasteiger partial charge on any atom is -0.379 e. The second-order valence-electron chi connectivity index (χ2n) is 5.42. The Kier molecular flexibility index (Phi) is 6.41. The molecule has 1 N–H and O–H groups in total. The van der Waals surface area contributed by atoms with Gasteiger partial charge < -0.3 is 19.5 Å². The lowest BCUT2D eigenvalue weighted by Crippen LogP contribution is -2.38. The van der Waals surface area contributed by atoms with E-state index in [2.05, 4.69) is 12.2 Å². The van der Waals surface area contributed by atoms with E-state index in [1.54, 1.807) is 0 Å². The van der Waals surface area contributed by atoms with E-state index in [9.17, 15) is 0 Å². The standard InChI is InChI=1S/C14H27NO3/c1-12-10-13(5-9-17-12)15-6-3-7-16-11-14-4-2-8-18-14/h12-15H,2-11H2,1H3. The lowest BCUT2D eigenvalue weighted by Gasteiger charge is -2.28. The van der Waals surface area contributed by atoms with Crippen molar-refractivity contribution in [3.63, 3.8) is 0 Å². The van der Waals surface area contributed by atoms with Gasteiger partial charge in [0.15, 0.2) is 0 Å². The zero-order valence-corrected chi connectivity index (χ0v) is 11.5. The van der Waals surface area contributed by atoms with Gasteiger partial charge in [0.25, 0.3) is 0 Å². The van der Waals surface area contributed by atoms with Crippen LogP contribution in [0, 0.1) is 0 Å². The average molecular weight is 257 g/mol. The molecule has 3 unspecified atom stereocenters. The van der Waals surface area contributed by atoms with Gasteiger partial charge in [-0.1, -0.05) is 0 Å². The van der Waals surface area contributed by atoms with Gasteiger partial charge in [-0.3, -0.25) is 0 Å². The van der Waals surface area contributed by atoms with Crippen molar-refractivity contribution in [3.8, 4) is 0 Å². The first-order valence-corrected chi connectivity index (χ1v) is 7.39. The molecular weight excluding hydrogens is 230 g/mol. The lowest BCUT2D eigenvalue weighted by molar-refractivity contribution is 0.00939. The van der Waals surface area contributed by atoms with Crippen LogP contribution >= 0.6 is 0 Å². The summed E-state index contributed by atoms with van der Waals surface area (Å²) < 4.78 is 16.7. The molecule has 0 aliphatic carbocycles. The van der Waals surface area contributed by atoms with Crippen LogP contribution in [0.25, 0.3) is 0 Å². The number of hydrogen-bond donors (Lipinski definition) is 1. The molecule has 4 nitrogen and oxygen atoms in total. The van der Waals surface area contributed by atoms with Crippen LogP contribution in [0.5, 0.6) is 0 Å². The molecule has 0 aromatic heterocycles. The van der Waals surface area contributed by atoms with Crippen molar-refractivity contribution in [2.24, 2.45) is 0 Å². The molecule has 0 aromatic rings. The molecule has 0 saturated carbocycles. The van der Waals surface area contributed by atoms with Crippen molar-refractivity contribution in [1.29, 1.82) is 0 Å². The largest absolute Gasteiger partial charge is 0.379 e. The van der Waals surface area contributed by atoms with Crippen molar-refractivity contribution in [2.45, 2.75) is 57.3 Å².